The van der Waals surface area contributed by atoms with Gasteiger partial charge in [0.1, 0.15) is 5.76 Å². The maximum absolute atomic E-state index is 11.1. The van der Waals surface area contributed by atoms with E-state index in [9.17, 15) is 4.79 Å². The molecular formula is C15H22O2. The number of rotatable bonds is 1. The molecule has 0 amide bonds. The van der Waals surface area contributed by atoms with Gasteiger partial charge in [-0.25, -0.2) is 0 Å². The fraction of sp³-hybridized carbons (Fsp3) is 0.667. The van der Waals surface area contributed by atoms with E-state index in [1.165, 1.54) is 18.9 Å². The van der Waals surface area contributed by atoms with Crippen molar-refractivity contribution in [2.75, 3.05) is 0 Å². The van der Waals surface area contributed by atoms with Crippen LogP contribution in [0.25, 0.3) is 0 Å². The monoisotopic (exact) mass is 234 g/mol. The summed E-state index contributed by atoms with van der Waals surface area (Å²) in [7, 11) is 0. The van der Waals surface area contributed by atoms with Crippen molar-refractivity contribution in [2.45, 2.75) is 52.9 Å². The van der Waals surface area contributed by atoms with E-state index in [1.54, 1.807) is 0 Å². The Morgan fingerprint density at radius 2 is 2.12 bits per heavy atom. The molecule has 0 aromatic heterocycles. The Morgan fingerprint density at radius 3 is 2.65 bits per heavy atom. The third-order valence-corrected chi connectivity index (χ3v) is 3.80. The maximum Gasteiger partial charge on any atom is 0.307 e. The predicted octanol–water partition coefficient (Wildman–Crippen LogP) is 3.98. The van der Waals surface area contributed by atoms with Crippen LogP contribution in [0, 0.1) is 10.8 Å². The largest absolute Gasteiger partial charge is 0.432 e. The zero-order valence-corrected chi connectivity index (χ0v) is 11.1. The molecule has 94 valence electrons. The van der Waals surface area contributed by atoms with Gasteiger partial charge in [0.25, 0.3) is 0 Å². The summed E-state index contributed by atoms with van der Waals surface area (Å²) >= 11 is 0. The Bertz CT molecular complexity index is 390. The molecule has 0 aromatic rings. The van der Waals surface area contributed by atoms with Crippen LogP contribution in [0.1, 0.15) is 52.9 Å². The zero-order chi connectivity index (χ0) is 12.7. The topological polar surface area (TPSA) is 26.3 Å². The molecule has 0 aromatic carbocycles. The normalized spacial score (nSPS) is 31.5. The number of esters is 1. The molecule has 0 radical (unpaired) electrons. The lowest BCUT2D eigenvalue weighted by Crippen LogP contribution is -2.30. The van der Waals surface area contributed by atoms with Crippen LogP contribution in [-0.4, -0.2) is 5.97 Å². The second kappa shape index (κ2) is 4.01. The molecule has 1 atom stereocenters. The summed E-state index contributed by atoms with van der Waals surface area (Å²) in [6, 6.07) is 0. The summed E-state index contributed by atoms with van der Waals surface area (Å²) in [5.41, 5.74) is 1.74. The van der Waals surface area contributed by atoms with E-state index >= 15 is 0 Å². The van der Waals surface area contributed by atoms with Crippen LogP contribution < -0.4 is 0 Å². The second-order valence-electron chi connectivity index (χ2n) is 6.51. The lowest BCUT2D eigenvalue weighted by atomic mass is 9.66. The summed E-state index contributed by atoms with van der Waals surface area (Å²) in [5.74, 6) is 0.657. The van der Waals surface area contributed by atoms with Crippen molar-refractivity contribution in [3.05, 3.63) is 24.0 Å². The first-order valence-corrected chi connectivity index (χ1v) is 6.37. The molecule has 0 N–H and O–H groups in total. The minimum absolute atomic E-state index is 0.198. The van der Waals surface area contributed by atoms with E-state index in [0.717, 1.165) is 31.4 Å². The molecule has 2 aliphatic carbocycles. The van der Waals surface area contributed by atoms with Crippen molar-refractivity contribution in [1.29, 1.82) is 0 Å². The molecule has 1 unspecified atom stereocenters. The van der Waals surface area contributed by atoms with Crippen LogP contribution in [0.15, 0.2) is 24.0 Å². The van der Waals surface area contributed by atoms with Gasteiger partial charge < -0.3 is 4.74 Å². The lowest BCUT2D eigenvalue weighted by molar-refractivity contribution is -0.137. The summed E-state index contributed by atoms with van der Waals surface area (Å²) in [6.45, 7) is 10.1. The molecule has 0 bridgehead atoms. The van der Waals surface area contributed by atoms with E-state index < -0.39 is 0 Å². The van der Waals surface area contributed by atoms with Gasteiger partial charge in [0.2, 0.25) is 0 Å². The van der Waals surface area contributed by atoms with E-state index in [1.807, 2.05) is 0 Å². The lowest BCUT2D eigenvalue weighted by Gasteiger charge is -2.40. The molecule has 0 saturated heterocycles. The number of carbonyl (C=O) groups excluding carboxylic acids is 1. The Balaban J connectivity index is 2.27. The highest BCUT2D eigenvalue weighted by Gasteiger charge is 2.43. The van der Waals surface area contributed by atoms with Crippen molar-refractivity contribution in [1.82, 2.24) is 0 Å². The van der Waals surface area contributed by atoms with Crippen LogP contribution in [-0.2, 0) is 9.53 Å². The van der Waals surface area contributed by atoms with Crippen molar-refractivity contribution in [3.63, 3.8) is 0 Å². The molecule has 1 fully saturated rings. The summed E-state index contributed by atoms with van der Waals surface area (Å²) in [4.78, 5) is 11.1. The van der Waals surface area contributed by atoms with Gasteiger partial charge in [-0.1, -0.05) is 26.0 Å². The standard InChI is InChI=1S/C15H22O2/c1-11-5-6-15(7-11)9-13(17-12(2)16)8-14(3,4)10-15/h9H,1,5-8,10H2,2-4H3. The van der Waals surface area contributed by atoms with E-state index in [-0.39, 0.29) is 16.8 Å². The molecule has 2 heteroatoms. The van der Waals surface area contributed by atoms with Crippen LogP contribution in [0.3, 0.4) is 0 Å². The van der Waals surface area contributed by atoms with Crippen LogP contribution >= 0.6 is 0 Å². The molecule has 17 heavy (non-hydrogen) atoms. The minimum Gasteiger partial charge on any atom is -0.432 e. The van der Waals surface area contributed by atoms with Gasteiger partial charge in [0.15, 0.2) is 0 Å². The van der Waals surface area contributed by atoms with Crippen molar-refractivity contribution >= 4 is 5.97 Å². The van der Waals surface area contributed by atoms with Gasteiger partial charge in [-0.3, -0.25) is 4.79 Å². The van der Waals surface area contributed by atoms with Gasteiger partial charge in [0, 0.05) is 13.3 Å². The minimum atomic E-state index is -0.207. The quantitative estimate of drug-likeness (QED) is 0.506. The highest BCUT2D eigenvalue weighted by molar-refractivity contribution is 5.67. The first kappa shape index (κ1) is 12.4. The molecule has 0 aliphatic heterocycles. The Kier molecular flexibility index (Phi) is 2.92. The Hall–Kier alpha value is -1.05. The predicted molar refractivity (Wildman–Crippen MR) is 68.3 cm³/mol. The summed E-state index contributed by atoms with van der Waals surface area (Å²) < 4.78 is 5.34. The first-order chi connectivity index (χ1) is 7.80. The third kappa shape index (κ3) is 2.80. The van der Waals surface area contributed by atoms with Gasteiger partial charge in [-0.05, 0) is 42.6 Å². The van der Waals surface area contributed by atoms with Crippen molar-refractivity contribution in [2.24, 2.45) is 10.8 Å². The number of carbonyl (C=O) groups is 1. The van der Waals surface area contributed by atoms with Crippen LogP contribution in [0.2, 0.25) is 0 Å². The van der Waals surface area contributed by atoms with Gasteiger partial charge in [-0.2, -0.15) is 0 Å². The average Bonchev–Trinajstić information content (AvgIpc) is 2.41. The summed E-state index contributed by atoms with van der Waals surface area (Å²) in [6.07, 6.45) is 7.56. The number of hydrogen-bond donors (Lipinski definition) is 0. The fourth-order valence-corrected chi connectivity index (χ4v) is 3.56. The Labute approximate surface area is 104 Å². The molecule has 2 nitrogen and oxygen atoms in total. The van der Waals surface area contributed by atoms with Crippen molar-refractivity contribution in [3.8, 4) is 0 Å². The smallest absolute Gasteiger partial charge is 0.307 e. The average molecular weight is 234 g/mol. The second-order valence-corrected chi connectivity index (χ2v) is 6.51. The number of ether oxygens (including phenoxy) is 1. The molecule has 1 spiro atoms. The van der Waals surface area contributed by atoms with Crippen LogP contribution in [0.5, 0.6) is 0 Å². The van der Waals surface area contributed by atoms with Gasteiger partial charge in [0.05, 0.1) is 0 Å². The van der Waals surface area contributed by atoms with E-state index in [0.29, 0.717) is 0 Å². The van der Waals surface area contributed by atoms with E-state index in [4.69, 9.17) is 4.74 Å². The van der Waals surface area contributed by atoms with Gasteiger partial charge >= 0.3 is 5.97 Å². The first-order valence-electron chi connectivity index (χ1n) is 6.37. The maximum atomic E-state index is 11.1. The summed E-state index contributed by atoms with van der Waals surface area (Å²) in [5, 5.41) is 0. The number of allylic oxidation sites excluding steroid dienone is 3. The zero-order valence-electron chi connectivity index (χ0n) is 11.1. The molecular weight excluding hydrogens is 212 g/mol. The van der Waals surface area contributed by atoms with Gasteiger partial charge in [-0.15, -0.1) is 0 Å². The number of hydrogen-bond acceptors (Lipinski definition) is 2. The Morgan fingerprint density at radius 1 is 1.41 bits per heavy atom. The van der Waals surface area contributed by atoms with Crippen molar-refractivity contribution < 1.29 is 9.53 Å². The third-order valence-electron chi connectivity index (χ3n) is 3.80. The molecule has 2 rings (SSSR count). The molecule has 2 aliphatic rings. The highest BCUT2D eigenvalue weighted by atomic mass is 16.5. The highest BCUT2D eigenvalue weighted by Crippen LogP contribution is 2.54. The molecule has 0 heterocycles. The van der Waals surface area contributed by atoms with E-state index in [2.05, 4.69) is 26.5 Å². The SMILES string of the molecule is C=C1CCC2(C=C(OC(C)=O)CC(C)(C)C2)C1. The molecule has 1 saturated carbocycles. The van der Waals surface area contributed by atoms with Crippen LogP contribution in [0.4, 0.5) is 0 Å². The fourth-order valence-electron chi connectivity index (χ4n) is 3.56.